The Morgan fingerprint density at radius 1 is 1.05 bits per heavy atom. The molecule has 0 spiro atoms. The molecule has 0 aromatic rings. The van der Waals surface area contributed by atoms with Crippen LogP contribution in [0.3, 0.4) is 0 Å². The summed E-state index contributed by atoms with van der Waals surface area (Å²) in [6.07, 6.45) is 13.4. The van der Waals surface area contributed by atoms with Crippen molar-refractivity contribution in [3.8, 4) is 0 Å². The molecule has 0 aromatic carbocycles. The minimum absolute atomic E-state index is 0.200. The Morgan fingerprint density at radius 2 is 1.74 bits per heavy atom. The van der Waals surface area contributed by atoms with Gasteiger partial charge in [0, 0.05) is 24.6 Å². The lowest BCUT2D eigenvalue weighted by molar-refractivity contribution is 0.0414. The van der Waals surface area contributed by atoms with Crippen molar-refractivity contribution in [3.63, 3.8) is 0 Å². The van der Waals surface area contributed by atoms with Crippen LogP contribution in [0.1, 0.15) is 71.1 Å². The van der Waals surface area contributed by atoms with Crippen LogP contribution >= 0.6 is 0 Å². The predicted octanol–water partition coefficient (Wildman–Crippen LogP) is 3.83. The third-order valence-electron chi connectivity index (χ3n) is 5.62. The van der Waals surface area contributed by atoms with Gasteiger partial charge in [-0.15, -0.1) is 0 Å². The van der Waals surface area contributed by atoms with Gasteiger partial charge in [-0.05, 0) is 38.6 Å². The molecule has 1 N–H and O–H groups in total. The Bertz CT molecular complexity index is 258. The molecule has 2 heteroatoms. The molecule has 2 fully saturated rings. The van der Waals surface area contributed by atoms with Crippen LogP contribution in [0, 0.1) is 11.3 Å². The van der Waals surface area contributed by atoms with E-state index in [0.29, 0.717) is 6.61 Å². The Balaban J connectivity index is 1.92. The molecule has 2 nitrogen and oxygen atoms in total. The summed E-state index contributed by atoms with van der Waals surface area (Å²) in [5, 5.41) is 9.94. The first-order valence-corrected chi connectivity index (χ1v) is 8.46. The highest BCUT2D eigenvalue weighted by Crippen LogP contribution is 2.37. The summed E-state index contributed by atoms with van der Waals surface area (Å²) in [5.41, 5.74) is 0.200. The molecular formula is C17H33NO. The highest BCUT2D eigenvalue weighted by Gasteiger charge is 2.34. The van der Waals surface area contributed by atoms with Crippen LogP contribution in [0.4, 0.5) is 0 Å². The van der Waals surface area contributed by atoms with Crippen LogP contribution in [-0.2, 0) is 0 Å². The van der Waals surface area contributed by atoms with Crippen molar-refractivity contribution in [1.82, 2.24) is 4.90 Å². The van der Waals surface area contributed by atoms with Crippen molar-refractivity contribution < 1.29 is 5.11 Å². The van der Waals surface area contributed by atoms with Crippen LogP contribution in [0.2, 0.25) is 0 Å². The van der Waals surface area contributed by atoms with Gasteiger partial charge in [0.15, 0.2) is 0 Å². The molecule has 0 amide bonds. The average molecular weight is 267 g/mol. The fourth-order valence-corrected chi connectivity index (χ4v) is 4.31. The maximum atomic E-state index is 9.94. The summed E-state index contributed by atoms with van der Waals surface area (Å²) in [6.45, 7) is 3.90. The number of hydrogen-bond acceptors (Lipinski definition) is 2. The standard InChI is InChI=1S/C17H33NO/c1-15-8-7-9-16(12-15)18(2)13-17(14-19)10-5-3-4-6-11-17/h15-16,19H,3-14H2,1-2H3. The molecule has 2 rings (SSSR count). The van der Waals surface area contributed by atoms with Gasteiger partial charge < -0.3 is 10.0 Å². The molecule has 2 saturated carbocycles. The Labute approximate surface area is 119 Å². The van der Waals surface area contributed by atoms with Gasteiger partial charge in [-0.25, -0.2) is 0 Å². The molecule has 2 atom stereocenters. The largest absolute Gasteiger partial charge is 0.396 e. The van der Waals surface area contributed by atoms with E-state index in [2.05, 4.69) is 18.9 Å². The first-order chi connectivity index (χ1) is 9.15. The lowest BCUT2D eigenvalue weighted by Crippen LogP contribution is -2.44. The van der Waals surface area contributed by atoms with E-state index in [1.807, 2.05) is 0 Å². The zero-order chi connectivity index (χ0) is 13.7. The third kappa shape index (κ3) is 4.19. The zero-order valence-electron chi connectivity index (χ0n) is 13.0. The van der Waals surface area contributed by atoms with Gasteiger partial charge in [-0.2, -0.15) is 0 Å². The number of nitrogens with zero attached hydrogens (tertiary/aromatic N) is 1. The molecule has 0 radical (unpaired) electrons. The Kier molecular flexibility index (Phi) is 5.70. The molecular weight excluding hydrogens is 234 g/mol. The fourth-order valence-electron chi connectivity index (χ4n) is 4.31. The second kappa shape index (κ2) is 7.08. The molecule has 112 valence electrons. The summed E-state index contributed by atoms with van der Waals surface area (Å²) in [4.78, 5) is 2.58. The van der Waals surface area contributed by atoms with E-state index in [9.17, 15) is 5.11 Å². The van der Waals surface area contributed by atoms with E-state index >= 15 is 0 Å². The highest BCUT2D eigenvalue weighted by molar-refractivity contribution is 4.87. The molecule has 2 aliphatic carbocycles. The summed E-state index contributed by atoms with van der Waals surface area (Å²) >= 11 is 0. The summed E-state index contributed by atoms with van der Waals surface area (Å²) in [5.74, 6) is 0.889. The fraction of sp³-hybridized carbons (Fsp3) is 1.00. The molecule has 2 aliphatic rings. The van der Waals surface area contributed by atoms with Crippen molar-refractivity contribution in [3.05, 3.63) is 0 Å². The van der Waals surface area contributed by atoms with Gasteiger partial charge >= 0.3 is 0 Å². The van der Waals surface area contributed by atoms with Crippen LogP contribution in [0.5, 0.6) is 0 Å². The zero-order valence-corrected chi connectivity index (χ0v) is 13.0. The predicted molar refractivity (Wildman–Crippen MR) is 81.3 cm³/mol. The first-order valence-electron chi connectivity index (χ1n) is 8.46. The van der Waals surface area contributed by atoms with Gasteiger partial charge in [0.25, 0.3) is 0 Å². The smallest absolute Gasteiger partial charge is 0.0499 e. The van der Waals surface area contributed by atoms with Crippen molar-refractivity contribution in [2.75, 3.05) is 20.2 Å². The molecule has 0 aliphatic heterocycles. The molecule has 0 saturated heterocycles. The highest BCUT2D eigenvalue weighted by atomic mass is 16.3. The van der Waals surface area contributed by atoms with Crippen molar-refractivity contribution >= 4 is 0 Å². The third-order valence-corrected chi connectivity index (χ3v) is 5.62. The Morgan fingerprint density at radius 3 is 2.32 bits per heavy atom. The number of aliphatic hydroxyl groups excluding tert-OH is 1. The summed E-state index contributed by atoms with van der Waals surface area (Å²) in [7, 11) is 2.30. The van der Waals surface area contributed by atoms with E-state index in [1.165, 1.54) is 64.2 Å². The van der Waals surface area contributed by atoms with E-state index in [0.717, 1.165) is 18.5 Å². The maximum Gasteiger partial charge on any atom is 0.0499 e. The van der Waals surface area contributed by atoms with Gasteiger partial charge in [-0.1, -0.05) is 45.4 Å². The Hall–Kier alpha value is -0.0800. The summed E-state index contributed by atoms with van der Waals surface area (Å²) < 4.78 is 0. The first kappa shape index (κ1) is 15.3. The SMILES string of the molecule is CC1CCCC(N(C)CC2(CO)CCCCCC2)C1. The van der Waals surface area contributed by atoms with Gasteiger partial charge in [-0.3, -0.25) is 0 Å². The number of rotatable bonds is 4. The lowest BCUT2D eigenvalue weighted by atomic mass is 9.79. The van der Waals surface area contributed by atoms with Gasteiger partial charge in [0.2, 0.25) is 0 Å². The van der Waals surface area contributed by atoms with Crippen molar-refractivity contribution in [2.45, 2.75) is 77.2 Å². The van der Waals surface area contributed by atoms with E-state index in [4.69, 9.17) is 0 Å². The monoisotopic (exact) mass is 267 g/mol. The van der Waals surface area contributed by atoms with E-state index < -0.39 is 0 Å². The minimum atomic E-state index is 0.200. The van der Waals surface area contributed by atoms with Gasteiger partial charge in [0.05, 0.1) is 0 Å². The topological polar surface area (TPSA) is 23.5 Å². The van der Waals surface area contributed by atoms with Crippen LogP contribution in [-0.4, -0.2) is 36.2 Å². The lowest BCUT2D eigenvalue weighted by Gasteiger charge is -2.41. The van der Waals surface area contributed by atoms with Crippen LogP contribution < -0.4 is 0 Å². The molecule has 0 bridgehead atoms. The molecule has 2 unspecified atom stereocenters. The second-order valence-corrected chi connectivity index (χ2v) is 7.41. The molecule has 0 aromatic heterocycles. The number of hydrogen-bond donors (Lipinski definition) is 1. The quantitative estimate of drug-likeness (QED) is 0.783. The molecule has 0 heterocycles. The van der Waals surface area contributed by atoms with Crippen LogP contribution in [0.15, 0.2) is 0 Å². The maximum absolute atomic E-state index is 9.94. The van der Waals surface area contributed by atoms with E-state index in [-0.39, 0.29) is 5.41 Å². The normalized spacial score (nSPS) is 32.2. The molecule has 19 heavy (non-hydrogen) atoms. The van der Waals surface area contributed by atoms with Gasteiger partial charge in [0.1, 0.15) is 0 Å². The number of aliphatic hydroxyl groups is 1. The van der Waals surface area contributed by atoms with Crippen molar-refractivity contribution in [1.29, 1.82) is 0 Å². The van der Waals surface area contributed by atoms with E-state index in [1.54, 1.807) is 0 Å². The second-order valence-electron chi connectivity index (χ2n) is 7.41. The van der Waals surface area contributed by atoms with Crippen LogP contribution in [0.25, 0.3) is 0 Å². The van der Waals surface area contributed by atoms with Crippen molar-refractivity contribution in [2.24, 2.45) is 11.3 Å². The minimum Gasteiger partial charge on any atom is -0.396 e. The average Bonchev–Trinajstić information content (AvgIpc) is 2.65. The summed E-state index contributed by atoms with van der Waals surface area (Å²) in [6, 6.07) is 0.760.